The Labute approximate surface area is 352 Å². The van der Waals surface area contributed by atoms with Gasteiger partial charge in [-0.15, -0.1) is 0 Å². The van der Waals surface area contributed by atoms with Gasteiger partial charge in [0, 0.05) is 71.6 Å². The van der Waals surface area contributed by atoms with Gasteiger partial charge in [-0.2, -0.15) is 0 Å². The largest absolute Gasteiger partial charge is 0.351 e. The number of pyridine rings is 1. The maximum atomic E-state index is 5.21. The minimum Gasteiger partial charge on any atom is -0.351 e. The molecular weight excluding hydrogens is 721 g/mol. The van der Waals surface area contributed by atoms with Crippen molar-refractivity contribution in [3.63, 3.8) is 0 Å². The molecule has 9 heterocycles. The first-order valence-corrected chi connectivity index (χ1v) is 23.8. The van der Waals surface area contributed by atoms with Gasteiger partial charge in [-0.1, -0.05) is 86.3 Å². The number of para-hydroxylation sites is 1. The third-order valence-electron chi connectivity index (χ3n) is 18.4. The standard InChI is InChI=1S/C51H62BN7/c1-3-4-18-34-30(2)27-36(31-14-7-5-8-15-31)47-42(34)45-48-37(21-25-54-45)52-38-22-26-55-46-43-35-19-13-24-56-50(35)57(33-16-9-6-10-17-33)51(43)59(49(38)46)41-29-32(39-20-11-12-23-53-39)28-40(44(41)52)58(47)48/h3-12,14-18,20,23,30,32,34-38,40-42,44-50,54-56H,1,13,19,21-22,24-29H2,2H3/b18-4-. The molecule has 59 heavy (non-hydrogen) atoms. The maximum Gasteiger partial charge on any atom is 0.158 e. The fraction of sp³-hybridized carbons (Fsp3) is 0.549. The molecule has 3 aromatic rings. The molecule has 2 saturated carbocycles. The summed E-state index contributed by atoms with van der Waals surface area (Å²) in [5.74, 6) is 6.93. The topological polar surface area (TPSA) is 58.7 Å². The number of piperidine rings is 3. The van der Waals surface area contributed by atoms with Crippen molar-refractivity contribution in [2.75, 3.05) is 24.5 Å². The molecular formula is C51H62BN7. The van der Waals surface area contributed by atoms with Crippen LogP contribution >= 0.6 is 0 Å². The summed E-state index contributed by atoms with van der Waals surface area (Å²) in [6.07, 6.45) is 18.2. The number of aromatic nitrogens is 1. The first kappa shape index (κ1) is 36.0. The van der Waals surface area contributed by atoms with E-state index < -0.39 is 0 Å². The fourth-order valence-electron chi connectivity index (χ4n) is 16.9. The lowest BCUT2D eigenvalue weighted by Gasteiger charge is -2.67. The van der Waals surface area contributed by atoms with Gasteiger partial charge >= 0.3 is 0 Å². The Hall–Kier alpha value is -3.69. The molecule has 0 bridgehead atoms. The summed E-state index contributed by atoms with van der Waals surface area (Å²) in [6.45, 7) is 10.9. The Bertz CT molecular complexity index is 2130. The Morgan fingerprint density at radius 1 is 0.780 bits per heavy atom. The number of fused-ring (bicyclic) bond motifs is 11. The Balaban J connectivity index is 1.01. The van der Waals surface area contributed by atoms with Gasteiger partial charge in [0.25, 0.3) is 0 Å². The van der Waals surface area contributed by atoms with Crippen molar-refractivity contribution in [3.05, 3.63) is 133 Å². The van der Waals surface area contributed by atoms with Crippen LogP contribution in [0.15, 0.2) is 121 Å². The molecule has 0 amide bonds. The molecule has 0 radical (unpaired) electrons. The van der Waals surface area contributed by atoms with Gasteiger partial charge in [0.15, 0.2) is 6.71 Å². The van der Waals surface area contributed by atoms with Crippen LogP contribution in [0.3, 0.4) is 0 Å². The number of hydrogen-bond acceptors (Lipinski definition) is 7. The quantitative estimate of drug-likeness (QED) is 0.182. The van der Waals surface area contributed by atoms with Crippen molar-refractivity contribution in [2.45, 2.75) is 130 Å². The summed E-state index contributed by atoms with van der Waals surface area (Å²) in [7, 11) is 0. The monoisotopic (exact) mass is 784 g/mol. The van der Waals surface area contributed by atoms with Crippen molar-refractivity contribution in [3.8, 4) is 0 Å². The first-order valence-electron chi connectivity index (χ1n) is 23.8. The number of rotatable bonds is 5. The lowest BCUT2D eigenvalue weighted by Crippen LogP contribution is -2.75. The van der Waals surface area contributed by atoms with E-state index in [2.05, 4.69) is 141 Å². The zero-order valence-electron chi connectivity index (χ0n) is 34.8. The summed E-state index contributed by atoms with van der Waals surface area (Å²) < 4.78 is 0. The molecule has 7 nitrogen and oxygen atoms in total. The molecule has 0 spiro atoms. The third-order valence-corrected chi connectivity index (χ3v) is 18.4. The van der Waals surface area contributed by atoms with Gasteiger partial charge in [0.05, 0.1) is 12.2 Å². The maximum absolute atomic E-state index is 5.21. The van der Waals surface area contributed by atoms with E-state index in [0.717, 1.165) is 32.2 Å². The smallest absolute Gasteiger partial charge is 0.158 e. The summed E-state index contributed by atoms with van der Waals surface area (Å²) in [4.78, 5) is 14.5. The van der Waals surface area contributed by atoms with Crippen LogP contribution in [0, 0.1) is 23.7 Å². The Morgan fingerprint density at radius 2 is 1.56 bits per heavy atom. The van der Waals surface area contributed by atoms with E-state index in [1.165, 1.54) is 56.3 Å². The number of hydrogen-bond donors (Lipinski definition) is 3. The molecule has 8 heteroatoms. The molecule has 6 saturated heterocycles. The molecule has 8 fully saturated rings. The zero-order valence-corrected chi connectivity index (χ0v) is 34.8. The van der Waals surface area contributed by atoms with Crippen LogP contribution in [0.4, 0.5) is 5.69 Å². The average molecular weight is 784 g/mol. The van der Waals surface area contributed by atoms with Gasteiger partial charge in [0.1, 0.15) is 5.82 Å². The summed E-state index contributed by atoms with van der Waals surface area (Å²) in [5, 5.41) is 12.7. The van der Waals surface area contributed by atoms with E-state index in [4.69, 9.17) is 4.98 Å². The molecule has 304 valence electrons. The van der Waals surface area contributed by atoms with Gasteiger partial charge in [0.2, 0.25) is 0 Å². The van der Waals surface area contributed by atoms with Crippen molar-refractivity contribution in [1.82, 2.24) is 30.7 Å². The van der Waals surface area contributed by atoms with E-state index in [0.29, 0.717) is 95.6 Å². The lowest BCUT2D eigenvalue weighted by molar-refractivity contribution is -0.0154. The first-order chi connectivity index (χ1) is 29.2. The van der Waals surface area contributed by atoms with Crippen LogP contribution in [0.5, 0.6) is 0 Å². The minimum atomic E-state index is 0.333. The number of allylic oxidation sites excluding steroid dienone is 3. The Morgan fingerprint density at radius 3 is 2.37 bits per heavy atom. The Kier molecular flexibility index (Phi) is 8.50. The summed E-state index contributed by atoms with van der Waals surface area (Å²) in [6, 6.07) is 33.6. The highest BCUT2D eigenvalue weighted by molar-refractivity contribution is 6.65. The SMILES string of the molecule is C=C/C=C\C1C(C)CC(c2ccccc2)C2C1C1NCCC3B4C5CCNC6C7=C(N(c8ccccc8)C8NCCCC78)N(C7CC(c8ccccn8)CC(C47)N2C31)C56. The number of nitrogens with zero attached hydrogens (tertiary/aromatic N) is 4. The highest BCUT2D eigenvalue weighted by Gasteiger charge is 2.73. The normalized spacial score (nSPS) is 44.1. The molecule has 10 aliphatic rings. The zero-order chi connectivity index (χ0) is 38.9. The third kappa shape index (κ3) is 5.07. The molecule has 17 unspecified atom stereocenters. The lowest BCUT2D eigenvalue weighted by atomic mass is 9.19. The fourth-order valence-corrected chi connectivity index (χ4v) is 16.9. The van der Waals surface area contributed by atoms with Crippen molar-refractivity contribution in [2.24, 2.45) is 23.7 Å². The van der Waals surface area contributed by atoms with Crippen LogP contribution < -0.4 is 20.9 Å². The van der Waals surface area contributed by atoms with Gasteiger partial charge in [-0.3, -0.25) is 15.2 Å². The predicted octanol–water partition coefficient (Wildman–Crippen LogP) is 7.65. The van der Waals surface area contributed by atoms with E-state index in [1.54, 1.807) is 17.0 Å². The number of nitrogens with one attached hydrogen (secondary N) is 3. The van der Waals surface area contributed by atoms with Crippen molar-refractivity contribution >= 4 is 12.4 Å². The van der Waals surface area contributed by atoms with E-state index in [9.17, 15) is 0 Å². The van der Waals surface area contributed by atoms with Crippen molar-refractivity contribution < 1.29 is 0 Å². The van der Waals surface area contributed by atoms with E-state index in [-0.39, 0.29) is 0 Å². The second-order valence-electron chi connectivity index (χ2n) is 20.5. The summed E-state index contributed by atoms with van der Waals surface area (Å²) in [5.41, 5.74) is 5.99. The second kappa shape index (κ2) is 13.9. The second-order valence-corrected chi connectivity index (χ2v) is 20.5. The van der Waals surface area contributed by atoms with E-state index >= 15 is 0 Å². The summed E-state index contributed by atoms with van der Waals surface area (Å²) >= 11 is 0. The minimum absolute atomic E-state index is 0.333. The van der Waals surface area contributed by atoms with Gasteiger partial charge in [-0.05, 0) is 135 Å². The van der Waals surface area contributed by atoms with Crippen LogP contribution in [0.1, 0.15) is 75.0 Å². The molecule has 8 aliphatic heterocycles. The number of benzene rings is 2. The molecule has 13 rings (SSSR count). The molecule has 2 aliphatic carbocycles. The highest BCUT2D eigenvalue weighted by Crippen LogP contribution is 2.68. The number of anilines is 1. The molecule has 1 aromatic heterocycles. The molecule has 3 N–H and O–H groups in total. The molecule has 17 atom stereocenters. The van der Waals surface area contributed by atoms with Crippen molar-refractivity contribution in [1.29, 1.82) is 0 Å². The van der Waals surface area contributed by atoms with Crippen LogP contribution in [0.2, 0.25) is 17.5 Å². The molecule has 2 aromatic carbocycles. The average Bonchev–Trinajstić information content (AvgIpc) is 3.94. The van der Waals surface area contributed by atoms with Crippen LogP contribution in [-0.2, 0) is 0 Å². The van der Waals surface area contributed by atoms with Crippen LogP contribution in [0.25, 0.3) is 0 Å². The van der Waals surface area contributed by atoms with Gasteiger partial charge < -0.3 is 20.4 Å². The van der Waals surface area contributed by atoms with Gasteiger partial charge in [-0.25, -0.2) is 0 Å². The predicted molar refractivity (Wildman–Crippen MR) is 238 cm³/mol. The van der Waals surface area contributed by atoms with Crippen LogP contribution in [-0.4, -0.2) is 89.6 Å². The van der Waals surface area contributed by atoms with E-state index in [1.807, 2.05) is 6.08 Å². The highest BCUT2D eigenvalue weighted by atomic mass is 15.5.